The van der Waals surface area contributed by atoms with Crippen molar-refractivity contribution < 1.29 is 0 Å². The van der Waals surface area contributed by atoms with Crippen LogP contribution in [0.25, 0.3) is 0 Å². The number of halogens is 1. The van der Waals surface area contributed by atoms with Crippen LogP contribution in [-0.2, 0) is 0 Å². The second-order valence-electron chi connectivity index (χ2n) is 2.46. The lowest BCUT2D eigenvalue weighted by Crippen LogP contribution is -2.28. The number of thiocarbonyl (C=S) groups is 1. The van der Waals surface area contributed by atoms with E-state index in [1.807, 2.05) is 31.2 Å². The average molecular weight is 306 g/mol. The second kappa shape index (κ2) is 5.39. The maximum absolute atomic E-state index is 5.07. The van der Waals surface area contributed by atoms with Gasteiger partial charge >= 0.3 is 0 Å². The van der Waals surface area contributed by atoms with Crippen LogP contribution < -0.4 is 10.6 Å². The van der Waals surface area contributed by atoms with Crippen molar-refractivity contribution in [3.05, 3.63) is 27.8 Å². The average Bonchev–Trinajstić information content (AvgIpc) is 2.09. The summed E-state index contributed by atoms with van der Waals surface area (Å²) in [6, 6.07) is 8.03. The van der Waals surface area contributed by atoms with Gasteiger partial charge in [-0.05, 0) is 53.9 Å². The normalized spacial score (nSPS) is 9.38. The molecule has 0 saturated heterocycles. The zero-order valence-corrected chi connectivity index (χ0v) is 10.3. The maximum atomic E-state index is 5.07. The fraction of sp³-hybridized carbons (Fsp3) is 0.222. The first kappa shape index (κ1) is 10.7. The van der Waals surface area contributed by atoms with Gasteiger partial charge in [0.15, 0.2) is 5.11 Å². The van der Waals surface area contributed by atoms with E-state index in [9.17, 15) is 0 Å². The Bertz CT molecular complexity index is 301. The van der Waals surface area contributed by atoms with Gasteiger partial charge in [-0.25, -0.2) is 0 Å². The Hall–Kier alpha value is -0.360. The first-order valence-corrected chi connectivity index (χ1v) is 5.52. The molecule has 1 aromatic carbocycles. The number of anilines is 1. The molecule has 0 spiro atoms. The summed E-state index contributed by atoms with van der Waals surface area (Å²) in [5, 5.41) is 6.83. The number of benzene rings is 1. The summed E-state index contributed by atoms with van der Waals surface area (Å²) in [6.45, 7) is 2.86. The topological polar surface area (TPSA) is 24.1 Å². The monoisotopic (exact) mass is 306 g/mol. The minimum absolute atomic E-state index is 0.673. The predicted octanol–water partition coefficient (Wildman–Crippen LogP) is 2.60. The van der Waals surface area contributed by atoms with E-state index in [1.54, 1.807) is 0 Å². The van der Waals surface area contributed by atoms with Crippen LogP contribution >= 0.6 is 34.8 Å². The number of nitrogens with one attached hydrogen (secondary N) is 2. The summed E-state index contributed by atoms with van der Waals surface area (Å²) in [5.74, 6) is 0. The van der Waals surface area contributed by atoms with E-state index in [-0.39, 0.29) is 0 Å². The molecule has 0 radical (unpaired) electrons. The standard InChI is InChI=1S/C9H11IN2S/c1-2-11-9(13)12-8-6-4-3-5-7(8)10/h3-6H,2H2,1H3,(H2,11,12,13). The van der Waals surface area contributed by atoms with Gasteiger partial charge in [0.1, 0.15) is 0 Å². The lowest BCUT2D eigenvalue weighted by Gasteiger charge is -2.09. The fourth-order valence-electron chi connectivity index (χ4n) is 0.890. The molecule has 0 unspecified atom stereocenters. The molecule has 70 valence electrons. The summed E-state index contributed by atoms with van der Waals surface area (Å²) < 4.78 is 1.17. The van der Waals surface area contributed by atoms with Gasteiger partial charge in [0, 0.05) is 10.1 Å². The van der Waals surface area contributed by atoms with E-state index in [0.29, 0.717) is 5.11 Å². The highest BCUT2D eigenvalue weighted by Crippen LogP contribution is 2.16. The Kier molecular flexibility index (Phi) is 4.44. The molecule has 0 amide bonds. The molecular weight excluding hydrogens is 295 g/mol. The van der Waals surface area contributed by atoms with Crippen molar-refractivity contribution in [3.8, 4) is 0 Å². The molecule has 1 aromatic rings. The molecule has 0 atom stereocenters. The van der Waals surface area contributed by atoms with Gasteiger partial charge in [-0.1, -0.05) is 12.1 Å². The Morgan fingerprint density at radius 1 is 1.46 bits per heavy atom. The minimum Gasteiger partial charge on any atom is -0.363 e. The smallest absolute Gasteiger partial charge is 0.170 e. The first-order chi connectivity index (χ1) is 6.24. The van der Waals surface area contributed by atoms with Gasteiger partial charge in [0.25, 0.3) is 0 Å². The van der Waals surface area contributed by atoms with Gasteiger partial charge < -0.3 is 10.6 Å². The summed E-state index contributed by atoms with van der Waals surface area (Å²) in [4.78, 5) is 0. The number of para-hydroxylation sites is 1. The van der Waals surface area contributed by atoms with Crippen LogP contribution in [-0.4, -0.2) is 11.7 Å². The second-order valence-corrected chi connectivity index (χ2v) is 4.03. The molecule has 0 aromatic heterocycles. The number of hydrogen-bond donors (Lipinski definition) is 2. The zero-order chi connectivity index (χ0) is 9.68. The van der Waals surface area contributed by atoms with E-state index < -0.39 is 0 Å². The van der Waals surface area contributed by atoms with Crippen molar-refractivity contribution in [2.24, 2.45) is 0 Å². The van der Waals surface area contributed by atoms with Gasteiger partial charge in [0.2, 0.25) is 0 Å². The van der Waals surface area contributed by atoms with Crippen molar-refractivity contribution in [2.45, 2.75) is 6.92 Å². The van der Waals surface area contributed by atoms with E-state index in [4.69, 9.17) is 12.2 Å². The molecule has 2 N–H and O–H groups in total. The van der Waals surface area contributed by atoms with Crippen LogP contribution in [0.3, 0.4) is 0 Å². The van der Waals surface area contributed by atoms with Crippen molar-refractivity contribution >= 4 is 45.6 Å². The van der Waals surface area contributed by atoms with Crippen molar-refractivity contribution in [1.29, 1.82) is 0 Å². The largest absolute Gasteiger partial charge is 0.363 e. The molecular formula is C9H11IN2S. The quantitative estimate of drug-likeness (QED) is 0.649. The van der Waals surface area contributed by atoms with Crippen molar-refractivity contribution in [1.82, 2.24) is 5.32 Å². The molecule has 0 aliphatic carbocycles. The van der Waals surface area contributed by atoms with Crippen LogP contribution in [0.15, 0.2) is 24.3 Å². The van der Waals surface area contributed by atoms with Crippen LogP contribution in [0.5, 0.6) is 0 Å². The third-order valence-electron chi connectivity index (χ3n) is 1.46. The Labute approximate surface area is 97.2 Å². The third kappa shape index (κ3) is 3.48. The van der Waals surface area contributed by atoms with Crippen LogP contribution in [0, 0.1) is 3.57 Å². The van der Waals surface area contributed by atoms with Crippen LogP contribution in [0.1, 0.15) is 6.92 Å². The molecule has 0 aliphatic heterocycles. The molecule has 0 aliphatic rings. The highest BCUT2D eigenvalue weighted by atomic mass is 127. The molecule has 0 bridgehead atoms. The molecule has 13 heavy (non-hydrogen) atoms. The van der Waals surface area contributed by atoms with Gasteiger partial charge in [0.05, 0.1) is 5.69 Å². The highest BCUT2D eigenvalue weighted by molar-refractivity contribution is 14.1. The molecule has 0 saturated carbocycles. The third-order valence-corrected chi connectivity index (χ3v) is 2.65. The SMILES string of the molecule is CCNC(=S)Nc1ccccc1I. The predicted molar refractivity (Wildman–Crippen MR) is 69.1 cm³/mol. The molecule has 0 heterocycles. The lowest BCUT2D eigenvalue weighted by atomic mass is 10.3. The molecule has 2 nitrogen and oxygen atoms in total. The summed E-state index contributed by atoms with van der Waals surface area (Å²) >= 11 is 7.34. The first-order valence-electron chi connectivity index (χ1n) is 4.03. The highest BCUT2D eigenvalue weighted by Gasteiger charge is 1.98. The van der Waals surface area contributed by atoms with Crippen LogP contribution in [0.2, 0.25) is 0 Å². The van der Waals surface area contributed by atoms with E-state index >= 15 is 0 Å². The maximum Gasteiger partial charge on any atom is 0.170 e. The summed E-state index contributed by atoms with van der Waals surface area (Å²) in [5.41, 5.74) is 1.05. The van der Waals surface area contributed by atoms with Crippen molar-refractivity contribution in [2.75, 3.05) is 11.9 Å². The van der Waals surface area contributed by atoms with Gasteiger partial charge in [-0.15, -0.1) is 0 Å². The van der Waals surface area contributed by atoms with E-state index in [1.165, 1.54) is 3.57 Å². The fourth-order valence-corrected chi connectivity index (χ4v) is 1.67. The van der Waals surface area contributed by atoms with Crippen LogP contribution in [0.4, 0.5) is 5.69 Å². The summed E-state index contributed by atoms with van der Waals surface area (Å²) in [6.07, 6.45) is 0. The van der Waals surface area contributed by atoms with Gasteiger partial charge in [-0.2, -0.15) is 0 Å². The van der Waals surface area contributed by atoms with Crippen molar-refractivity contribution in [3.63, 3.8) is 0 Å². The minimum atomic E-state index is 0.673. The Morgan fingerprint density at radius 2 is 2.15 bits per heavy atom. The molecule has 0 fully saturated rings. The number of rotatable bonds is 2. The Balaban J connectivity index is 2.63. The molecule has 4 heteroatoms. The molecule has 1 rings (SSSR count). The zero-order valence-electron chi connectivity index (χ0n) is 7.30. The Morgan fingerprint density at radius 3 is 2.77 bits per heavy atom. The van der Waals surface area contributed by atoms with Gasteiger partial charge in [-0.3, -0.25) is 0 Å². The van der Waals surface area contributed by atoms with E-state index in [0.717, 1.165) is 12.2 Å². The number of hydrogen-bond acceptors (Lipinski definition) is 1. The lowest BCUT2D eigenvalue weighted by molar-refractivity contribution is 0.979. The summed E-state index contributed by atoms with van der Waals surface area (Å²) in [7, 11) is 0. The van der Waals surface area contributed by atoms with E-state index in [2.05, 4.69) is 33.2 Å².